The lowest BCUT2D eigenvalue weighted by Crippen LogP contribution is -2.53. The summed E-state index contributed by atoms with van der Waals surface area (Å²) >= 11 is 0. The fourth-order valence-electron chi connectivity index (χ4n) is 0.828. The van der Waals surface area contributed by atoms with Gasteiger partial charge in [-0.25, -0.2) is 4.90 Å². The Balaban J connectivity index is 2.37. The van der Waals surface area contributed by atoms with Crippen molar-refractivity contribution in [3.63, 3.8) is 0 Å². The van der Waals surface area contributed by atoms with Crippen molar-refractivity contribution in [3.05, 3.63) is 0 Å². The highest BCUT2D eigenvalue weighted by Gasteiger charge is 2.44. The van der Waals surface area contributed by atoms with Gasteiger partial charge < -0.3 is 0 Å². The Hall–Kier alpha value is -0.180. The smallest absolute Gasteiger partial charge is 0.245 e. The van der Waals surface area contributed by atoms with Crippen molar-refractivity contribution in [1.29, 1.82) is 0 Å². The molecule has 0 spiro atoms. The van der Waals surface area contributed by atoms with Gasteiger partial charge in [0.2, 0.25) is 0 Å². The lowest BCUT2D eigenvalue weighted by Gasteiger charge is -2.39. The van der Waals surface area contributed by atoms with Crippen LogP contribution in [0.15, 0.2) is 0 Å². The largest absolute Gasteiger partial charge is 0.306 e. The van der Waals surface area contributed by atoms with Gasteiger partial charge in [-0.2, -0.15) is 8.78 Å². The number of halogens is 2. The highest BCUT2D eigenvalue weighted by molar-refractivity contribution is 4.79. The van der Waals surface area contributed by atoms with E-state index in [1.165, 1.54) is 0 Å². The van der Waals surface area contributed by atoms with E-state index in [0.717, 1.165) is 4.90 Å². The molecule has 0 bridgehead atoms. The van der Waals surface area contributed by atoms with Gasteiger partial charge in [0.25, 0.3) is 0 Å². The molecule has 0 N–H and O–H groups in total. The molecule has 0 aliphatic carbocycles. The minimum atomic E-state index is -2.48. The fourth-order valence-corrected chi connectivity index (χ4v) is 0.828. The summed E-state index contributed by atoms with van der Waals surface area (Å²) in [5.74, 6) is 0. The molecule has 0 saturated carbocycles. The first-order valence-corrected chi connectivity index (χ1v) is 2.79. The molecule has 0 aromatic rings. The molecule has 1 rings (SSSR count). The monoisotopic (exact) mass is 121 g/mol. The topological polar surface area (TPSA) is 3.24 Å². The summed E-state index contributed by atoms with van der Waals surface area (Å²) in [6.45, 7) is 2.77. The third kappa shape index (κ3) is 0.708. The molecule has 8 heavy (non-hydrogen) atoms. The van der Waals surface area contributed by atoms with Crippen molar-refractivity contribution in [2.45, 2.75) is 19.4 Å². The predicted molar refractivity (Wildman–Crippen MR) is 26.8 cm³/mol. The molecule has 48 valence electrons. The fraction of sp³-hybridized carbons (Fsp3) is 1.00. The van der Waals surface area contributed by atoms with E-state index >= 15 is 0 Å². The van der Waals surface area contributed by atoms with Crippen LogP contribution in [-0.2, 0) is 0 Å². The second-order valence-electron chi connectivity index (χ2n) is 2.00. The second kappa shape index (κ2) is 1.65. The van der Waals surface area contributed by atoms with Crippen molar-refractivity contribution in [1.82, 2.24) is 4.90 Å². The molecule has 0 unspecified atom stereocenters. The molecule has 0 amide bonds. The summed E-state index contributed by atoms with van der Waals surface area (Å²) in [6, 6.07) is -2.48. The Kier molecular flexibility index (Phi) is 1.23. The van der Waals surface area contributed by atoms with Gasteiger partial charge in [-0.15, -0.1) is 0 Å². The number of hydrogen-bond acceptors (Lipinski definition) is 1. The van der Waals surface area contributed by atoms with Crippen LogP contribution in [0.25, 0.3) is 0 Å². The highest BCUT2D eigenvalue weighted by Crippen LogP contribution is 2.32. The quantitative estimate of drug-likeness (QED) is 0.473. The van der Waals surface area contributed by atoms with Crippen LogP contribution >= 0.6 is 0 Å². The number of rotatable bonds is 1. The Morgan fingerprint density at radius 3 is 2.25 bits per heavy atom. The summed E-state index contributed by atoms with van der Waals surface area (Å²) in [5.41, 5.74) is 0. The Morgan fingerprint density at radius 1 is 1.62 bits per heavy atom. The van der Waals surface area contributed by atoms with Gasteiger partial charge in [-0.05, 0) is 0 Å². The zero-order valence-electron chi connectivity index (χ0n) is 4.82. The van der Waals surface area contributed by atoms with Gasteiger partial charge in [-0.3, -0.25) is 0 Å². The van der Waals surface area contributed by atoms with Gasteiger partial charge in [-0.1, -0.05) is 6.92 Å². The van der Waals surface area contributed by atoms with Crippen LogP contribution < -0.4 is 0 Å². The van der Waals surface area contributed by atoms with Crippen LogP contribution in [0.3, 0.4) is 0 Å². The molecule has 1 saturated heterocycles. The summed E-state index contributed by atoms with van der Waals surface area (Å²) in [4.78, 5) is 1.16. The second-order valence-corrected chi connectivity index (χ2v) is 2.00. The van der Waals surface area contributed by atoms with Crippen LogP contribution in [0.4, 0.5) is 8.78 Å². The molecule has 1 fully saturated rings. The Morgan fingerprint density at radius 2 is 2.25 bits per heavy atom. The van der Waals surface area contributed by atoms with Crippen LogP contribution in [0, 0.1) is 0 Å². The number of hydrogen-bond donors (Lipinski definition) is 0. The van der Waals surface area contributed by atoms with Gasteiger partial charge in [0, 0.05) is 19.5 Å². The molecular formula is C5H9F2N. The molecule has 0 aromatic carbocycles. The third-order valence-corrected chi connectivity index (χ3v) is 1.53. The average molecular weight is 121 g/mol. The molecule has 1 aliphatic rings. The van der Waals surface area contributed by atoms with E-state index in [1.54, 1.807) is 6.92 Å². The first kappa shape index (κ1) is 5.95. The first-order chi connectivity index (χ1) is 3.67. The molecule has 1 nitrogen and oxygen atoms in total. The summed E-state index contributed by atoms with van der Waals surface area (Å²) < 4.78 is 24.3. The molecule has 0 radical (unpaired) electrons. The maximum Gasteiger partial charge on any atom is 0.306 e. The van der Waals surface area contributed by atoms with Crippen molar-refractivity contribution in [2.75, 3.05) is 13.1 Å². The van der Waals surface area contributed by atoms with Crippen molar-refractivity contribution < 1.29 is 8.78 Å². The zero-order chi connectivity index (χ0) is 6.20. The van der Waals surface area contributed by atoms with Gasteiger partial charge in [0.15, 0.2) is 0 Å². The summed E-state index contributed by atoms with van der Waals surface area (Å²) in [6.07, 6.45) is 0.0425. The van der Waals surface area contributed by atoms with Crippen LogP contribution in [0.2, 0.25) is 0 Å². The Bertz CT molecular complexity index is 90.4. The molecule has 3 heteroatoms. The van der Waals surface area contributed by atoms with Gasteiger partial charge >= 0.3 is 6.05 Å². The molecule has 1 aliphatic heterocycles. The van der Waals surface area contributed by atoms with Crippen molar-refractivity contribution in [2.24, 2.45) is 0 Å². The zero-order valence-corrected chi connectivity index (χ0v) is 4.82. The standard InChI is InChI=1S/C5H9F2N/c1-2-8-4-3-5(8,6)7/h2-4H2,1H3. The third-order valence-electron chi connectivity index (χ3n) is 1.53. The average Bonchev–Trinajstić information content (AvgIpc) is 1.66. The lowest BCUT2D eigenvalue weighted by molar-refractivity contribution is -0.213. The van der Waals surface area contributed by atoms with E-state index < -0.39 is 6.05 Å². The summed E-state index contributed by atoms with van der Waals surface area (Å²) in [7, 11) is 0. The highest BCUT2D eigenvalue weighted by atomic mass is 19.3. The molecular weight excluding hydrogens is 112 g/mol. The van der Waals surface area contributed by atoms with Crippen LogP contribution in [0.1, 0.15) is 13.3 Å². The maximum atomic E-state index is 12.1. The SMILES string of the molecule is CCN1CCC1(F)F. The minimum absolute atomic E-state index is 0.0425. The minimum Gasteiger partial charge on any atom is -0.245 e. The van der Waals surface area contributed by atoms with Crippen molar-refractivity contribution in [3.8, 4) is 0 Å². The van der Waals surface area contributed by atoms with E-state index in [9.17, 15) is 8.78 Å². The lowest BCUT2D eigenvalue weighted by atomic mass is 10.2. The molecule has 0 aromatic heterocycles. The molecule has 0 atom stereocenters. The van der Waals surface area contributed by atoms with E-state index in [1.807, 2.05) is 0 Å². The summed E-state index contributed by atoms with van der Waals surface area (Å²) in [5, 5.41) is 0. The number of nitrogens with zero attached hydrogens (tertiary/aromatic N) is 1. The number of likely N-dealkylation sites (tertiary alicyclic amines) is 1. The molecule has 1 heterocycles. The van der Waals surface area contributed by atoms with E-state index in [-0.39, 0.29) is 6.42 Å². The van der Waals surface area contributed by atoms with Crippen LogP contribution in [0.5, 0.6) is 0 Å². The predicted octanol–water partition coefficient (Wildman–Crippen LogP) is 1.30. The Labute approximate surface area is 47.3 Å². The normalized spacial score (nSPS) is 27.4. The van der Waals surface area contributed by atoms with E-state index in [2.05, 4.69) is 0 Å². The van der Waals surface area contributed by atoms with Crippen LogP contribution in [-0.4, -0.2) is 24.0 Å². The van der Waals surface area contributed by atoms with Gasteiger partial charge in [0.05, 0.1) is 0 Å². The first-order valence-electron chi connectivity index (χ1n) is 2.79. The van der Waals surface area contributed by atoms with Gasteiger partial charge in [0.1, 0.15) is 0 Å². The number of alkyl halides is 2. The maximum absolute atomic E-state index is 12.1. The van der Waals surface area contributed by atoms with E-state index in [4.69, 9.17) is 0 Å². The van der Waals surface area contributed by atoms with Crippen molar-refractivity contribution >= 4 is 0 Å². The van der Waals surface area contributed by atoms with E-state index in [0.29, 0.717) is 13.1 Å².